The van der Waals surface area contributed by atoms with Crippen molar-refractivity contribution in [2.75, 3.05) is 6.54 Å². The number of halogens is 1. The number of hydrogen-bond acceptors (Lipinski definition) is 4. The van der Waals surface area contributed by atoms with Crippen LogP contribution in [0, 0.1) is 5.82 Å². The molecule has 1 saturated heterocycles. The van der Waals surface area contributed by atoms with Gasteiger partial charge in [-0.3, -0.25) is 9.80 Å². The summed E-state index contributed by atoms with van der Waals surface area (Å²) in [4.78, 5) is 14.1. The Labute approximate surface area is 110 Å². The third kappa shape index (κ3) is 2.20. The fourth-order valence-electron chi connectivity index (χ4n) is 2.38. The fraction of sp³-hybridized carbons (Fsp3) is 0.308. The molecule has 6 heteroatoms. The summed E-state index contributed by atoms with van der Waals surface area (Å²) in [5.41, 5.74) is 7.47. The molecule has 0 aliphatic carbocycles. The maximum absolute atomic E-state index is 13.2. The lowest BCUT2D eigenvalue weighted by Crippen LogP contribution is -2.50. The first kappa shape index (κ1) is 12.1. The standard InChI is InChI=1S/C13H15FN4O/c1-9-7-18-12(6-15-16-18)13(19)17(9)8-10-3-2-4-11(14)5-10/h2-5,7,12,15-16H,6,8H2,1H3. The van der Waals surface area contributed by atoms with Crippen LogP contribution in [0.3, 0.4) is 0 Å². The topological polar surface area (TPSA) is 47.6 Å². The molecule has 1 unspecified atom stereocenters. The van der Waals surface area contributed by atoms with Gasteiger partial charge in [0.2, 0.25) is 0 Å². The molecular weight excluding hydrogens is 247 g/mol. The SMILES string of the molecule is CC1=CN2NNCC2C(=O)N1Cc1cccc(F)c1. The van der Waals surface area contributed by atoms with Gasteiger partial charge in [0.05, 0.1) is 6.54 Å². The lowest BCUT2D eigenvalue weighted by Gasteiger charge is -2.34. The quantitative estimate of drug-likeness (QED) is 0.824. The third-order valence-corrected chi connectivity index (χ3v) is 3.37. The number of rotatable bonds is 2. The first-order chi connectivity index (χ1) is 9.15. The van der Waals surface area contributed by atoms with Crippen molar-refractivity contribution in [1.29, 1.82) is 0 Å². The van der Waals surface area contributed by atoms with Crippen molar-refractivity contribution in [2.45, 2.75) is 19.5 Å². The van der Waals surface area contributed by atoms with E-state index in [0.717, 1.165) is 11.3 Å². The van der Waals surface area contributed by atoms with Crippen molar-refractivity contribution in [1.82, 2.24) is 20.9 Å². The lowest BCUT2D eigenvalue weighted by atomic mass is 10.1. The molecule has 1 amide bonds. The summed E-state index contributed by atoms with van der Waals surface area (Å²) < 4.78 is 13.2. The molecule has 0 aromatic heterocycles. The molecule has 2 N–H and O–H groups in total. The molecule has 1 fully saturated rings. The first-order valence-electron chi connectivity index (χ1n) is 6.16. The molecule has 19 heavy (non-hydrogen) atoms. The number of hydrogen-bond donors (Lipinski definition) is 2. The van der Waals surface area contributed by atoms with Gasteiger partial charge in [-0.2, -0.15) is 5.53 Å². The normalized spacial score (nSPS) is 22.5. The molecule has 2 heterocycles. The van der Waals surface area contributed by atoms with Crippen LogP contribution in [0.4, 0.5) is 4.39 Å². The van der Waals surface area contributed by atoms with E-state index in [0.29, 0.717) is 13.1 Å². The van der Waals surface area contributed by atoms with E-state index in [4.69, 9.17) is 0 Å². The third-order valence-electron chi connectivity index (χ3n) is 3.37. The van der Waals surface area contributed by atoms with Gasteiger partial charge in [0, 0.05) is 18.4 Å². The van der Waals surface area contributed by atoms with Crippen molar-refractivity contribution in [3.63, 3.8) is 0 Å². The van der Waals surface area contributed by atoms with Gasteiger partial charge in [-0.1, -0.05) is 12.1 Å². The Bertz CT molecular complexity index is 545. The van der Waals surface area contributed by atoms with Crippen LogP contribution in [-0.4, -0.2) is 28.4 Å². The van der Waals surface area contributed by atoms with E-state index in [2.05, 4.69) is 11.0 Å². The molecular formula is C13H15FN4O. The van der Waals surface area contributed by atoms with Gasteiger partial charge >= 0.3 is 0 Å². The number of nitrogens with zero attached hydrogens (tertiary/aromatic N) is 2. The van der Waals surface area contributed by atoms with E-state index in [1.807, 2.05) is 19.2 Å². The number of carbonyl (C=O) groups excluding carboxylic acids is 1. The number of allylic oxidation sites excluding steroid dienone is 1. The number of carbonyl (C=O) groups is 1. The molecule has 100 valence electrons. The van der Waals surface area contributed by atoms with Crippen LogP contribution < -0.4 is 11.0 Å². The highest BCUT2D eigenvalue weighted by Crippen LogP contribution is 2.21. The Morgan fingerprint density at radius 3 is 3.11 bits per heavy atom. The predicted molar refractivity (Wildman–Crippen MR) is 67.5 cm³/mol. The van der Waals surface area contributed by atoms with Crippen LogP contribution in [0.5, 0.6) is 0 Å². The second kappa shape index (κ2) is 4.64. The summed E-state index contributed by atoms with van der Waals surface area (Å²) in [5.74, 6) is -0.267. The maximum Gasteiger partial charge on any atom is 0.252 e. The minimum atomic E-state index is -0.283. The van der Waals surface area contributed by atoms with Gasteiger partial charge in [0.1, 0.15) is 11.9 Å². The highest BCUT2D eigenvalue weighted by atomic mass is 19.1. The smallest absolute Gasteiger partial charge is 0.252 e. The molecule has 2 aliphatic heterocycles. The molecule has 1 aromatic rings. The predicted octanol–water partition coefficient (Wildman–Crippen LogP) is 0.723. The molecule has 0 radical (unpaired) electrons. The van der Waals surface area contributed by atoms with E-state index >= 15 is 0 Å². The summed E-state index contributed by atoms with van der Waals surface area (Å²) in [7, 11) is 0. The monoisotopic (exact) mass is 262 g/mol. The summed E-state index contributed by atoms with van der Waals surface area (Å²) in [5, 5.41) is 1.76. The van der Waals surface area contributed by atoms with Crippen molar-refractivity contribution >= 4 is 5.91 Å². The van der Waals surface area contributed by atoms with E-state index in [1.165, 1.54) is 12.1 Å². The lowest BCUT2D eigenvalue weighted by molar-refractivity contribution is -0.135. The van der Waals surface area contributed by atoms with Gasteiger partial charge in [0.25, 0.3) is 5.91 Å². The van der Waals surface area contributed by atoms with Crippen LogP contribution in [-0.2, 0) is 11.3 Å². The number of amides is 1. The molecule has 2 aliphatic rings. The van der Waals surface area contributed by atoms with Crippen LogP contribution in [0.15, 0.2) is 36.2 Å². The van der Waals surface area contributed by atoms with Crippen molar-refractivity contribution in [3.05, 3.63) is 47.5 Å². The summed E-state index contributed by atoms with van der Waals surface area (Å²) >= 11 is 0. The van der Waals surface area contributed by atoms with Crippen molar-refractivity contribution in [2.24, 2.45) is 0 Å². The van der Waals surface area contributed by atoms with Gasteiger partial charge in [0.15, 0.2) is 0 Å². The molecule has 0 spiro atoms. The molecule has 1 atom stereocenters. The van der Waals surface area contributed by atoms with Gasteiger partial charge in [-0.05, 0) is 24.6 Å². The maximum atomic E-state index is 13.2. The Morgan fingerprint density at radius 2 is 2.32 bits per heavy atom. The highest BCUT2D eigenvalue weighted by Gasteiger charge is 2.36. The van der Waals surface area contributed by atoms with E-state index in [9.17, 15) is 9.18 Å². The average molecular weight is 262 g/mol. The largest absolute Gasteiger partial charge is 0.309 e. The van der Waals surface area contributed by atoms with Gasteiger partial charge in [-0.15, -0.1) is 0 Å². The summed E-state index contributed by atoms with van der Waals surface area (Å²) in [6.07, 6.45) is 1.88. The van der Waals surface area contributed by atoms with Gasteiger partial charge < -0.3 is 4.90 Å². The zero-order valence-electron chi connectivity index (χ0n) is 10.6. The van der Waals surface area contributed by atoms with Gasteiger partial charge in [-0.25, -0.2) is 9.82 Å². The second-order valence-corrected chi connectivity index (χ2v) is 4.74. The zero-order valence-corrected chi connectivity index (χ0v) is 10.6. The molecule has 0 bridgehead atoms. The number of nitrogens with one attached hydrogen (secondary N) is 2. The Morgan fingerprint density at radius 1 is 1.47 bits per heavy atom. The van der Waals surface area contributed by atoms with E-state index < -0.39 is 0 Å². The minimum absolute atomic E-state index is 0.0155. The van der Waals surface area contributed by atoms with Crippen molar-refractivity contribution in [3.8, 4) is 0 Å². The Kier molecular flexibility index (Phi) is 2.96. The van der Waals surface area contributed by atoms with E-state index in [1.54, 1.807) is 16.0 Å². The molecule has 5 nitrogen and oxygen atoms in total. The Hall–Kier alpha value is -1.92. The molecule has 0 saturated carbocycles. The van der Waals surface area contributed by atoms with Crippen LogP contribution in [0.2, 0.25) is 0 Å². The number of fused-ring (bicyclic) bond motifs is 1. The van der Waals surface area contributed by atoms with Crippen LogP contribution >= 0.6 is 0 Å². The first-order valence-corrected chi connectivity index (χ1v) is 6.16. The Balaban J connectivity index is 1.84. The highest BCUT2D eigenvalue weighted by molar-refractivity contribution is 5.85. The van der Waals surface area contributed by atoms with Crippen LogP contribution in [0.25, 0.3) is 0 Å². The van der Waals surface area contributed by atoms with Crippen molar-refractivity contribution < 1.29 is 9.18 Å². The minimum Gasteiger partial charge on any atom is -0.309 e. The molecule has 1 aromatic carbocycles. The average Bonchev–Trinajstić information content (AvgIpc) is 2.83. The summed E-state index contributed by atoms with van der Waals surface area (Å²) in [6.45, 7) is 2.82. The second-order valence-electron chi connectivity index (χ2n) is 4.74. The molecule has 3 rings (SSSR count). The summed E-state index contributed by atoms with van der Waals surface area (Å²) in [6, 6.07) is 6.09. The number of benzene rings is 1. The zero-order chi connectivity index (χ0) is 13.4. The number of hydrazine groups is 2. The van der Waals surface area contributed by atoms with Crippen LogP contribution in [0.1, 0.15) is 12.5 Å². The van der Waals surface area contributed by atoms with E-state index in [-0.39, 0.29) is 17.8 Å². The fourth-order valence-corrected chi connectivity index (χ4v) is 2.38.